The number of nitrogens with zero attached hydrogens (tertiary/aromatic N) is 2. The van der Waals surface area contributed by atoms with Crippen LogP contribution in [0, 0.1) is 11.7 Å². The highest BCUT2D eigenvalue weighted by atomic mass is 19.1. The maximum Gasteiger partial charge on any atom is 0.321 e. The molecule has 2 heterocycles. The van der Waals surface area contributed by atoms with Crippen molar-refractivity contribution in [2.45, 2.75) is 26.2 Å². The zero-order chi connectivity index (χ0) is 20.1. The topological polar surface area (TPSA) is 69.7 Å². The Morgan fingerprint density at radius 2 is 1.82 bits per heavy atom. The Kier molecular flexibility index (Phi) is 6.23. The van der Waals surface area contributed by atoms with Crippen LogP contribution in [0.5, 0.6) is 0 Å². The fourth-order valence-corrected chi connectivity index (χ4v) is 3.43. The van der Waals surface area contributed by atoms with Crippen LogP contribution in [0.25, 0.3) is 0 Å². The van der Waals surface area contributed by atoms with Gasteiger partial charge in [-0.05, 0) is 62.4 Å². The van der Waals surface area contributed by atoms with Crippen molar-refractivity contribution in [3.8, 4) is 0 Å². The molecule has 0 atom stereocenters. The highest BCUT2D eigenvalue weighted by Gasteiger charge is 2.25. The zero-order valence-corrected chi connectivity index (χ0v) is 15.9. The second-order valence-corrected chi connectivity index (χ2v) is 7.10. The van der Waals surface area contributed by atoms with Gasteiger partial charge < -0.3 is 10.2 Å². The summed E-state index contributed by atoms with van der Waals surface area (Å²) >= 11 is 0. The Hall–Kier alpha value is -2.96. The molecule has 6 nitrogen and oxygen atoms in total. The molecule has 0 radical (unpaired) electrons. The largest absolute Gasteiger partial charge is 0.324 e. The standard InChI is InChI=1S/C21H24FN3O3/c1-15(20(27)25-11-3-2-4-19(25)26)14-16-9-12-24(13-10-16)21(28)23-18-7-5-17(22)6-8-18/h2,4-8,14,16H,3,9-13H2,1H3,(H,23,28)/b15-14+. The maximum absolute atomic E-state index is 12.9. The van der Waals surface area contributed by atoms with Crippen LogP contribution in [0.4, 0.5) is 14.9 Å². The van der Waals surface area contributed by atoms with E-state index in [1.807, 2.05) is 6.08 Å². The normalized spacial score (nSPS) is 18.4. The minimum absolute atomic E-state index is 0.189. The maximum atomic E-state index is 12.9. The van der Waals surface area contributed by atoms with Crippen LogP contribution >= 0.6 is 0 Å². The molecule has 2 aliphatic rings. The summed E-state index contributed by atoms with van der Waals surface area (Å²) in [5.74, 6) is -0.672. The van der Waals surface area contributed by atoms with Gasteiger partial charge in [0.2, 0.25) is 0 Å². The van der Waals surface area contributed by atoms with Gasteiger partial charge in [-0.15, -0.1) is 0 Å². The van der Waals surface area contributed by atoms with Crippen LogP contribution in [0.1, 0.15) is 26.2 Å². The van der Waals surface area contributed by atoms with Crippen molar-refractivity contribution in [2.75, 3.05) is 25.0 Å². The fraction of sp³-hybridized carbons (Fsp3) is 0.381. The van der Waals surface area contributed by atoms with E-state index in [1.54, 1.807) is 17.9 Å². The molecule has 1 saturated heterocycles. The van der Waals surface area contributed by atoms with E-state index in [2.05, 4.69) is 5.32 Å². The van der Waals surface area contributed by atoms with Crippen molar-refractivity contribution < 1.29 is 18.8 Å². The number of urea groups is 1. The van der Waals surface area contributed by atoms with Crippen molar-refractivity contribution in [1.82, 2.24) is 9.80 Å². The van der Waals surface area contributed by atoms with Gasteiger partial charge in [0.25, 0.3) is 11.8 Å². The van der Waals surface area contributed by atoms with Gasteiger partial charge in [0.1, 0.15) is 5.82 Å². The monoisotopic (exact) mass is 385 g/mol. The van der Waals surface area contributed by atoms with E-state index in [0.29, 0.717) is 37.3 Å². The second kappa shape index (κ2) is 8.82. The fourth-order valence-electron chi connectivity index (χ4n) is 3.43. The minimum atomic E-state index is -0.349. The molecular formula is C21H24FN3O3. The molecule has 0 aliphatic carbocycles. The summed E-state index contributed by atoms with van der Waals surface area (Å²) in [5, 5.41) is 2.76. The molecule has 0 unspecified atom stereocenters. The van der Waals surface area contributed by atoms with Crippen LogP contribution < -0.4 is 5.32 Å². The summed E-state index contributed by atoms with van der Waals surface area (Å²) in [7, 11) is 0. The molecule has 0 bridgehead atoms. The second-order valence-electron chi connectivity index (χ2n) is 7.10. The molecule has 1 fully saturated rings. The van der Waals surface area contributed by atoms with Gasteiger partial charge in [-0.3, -0.25) is 14.5 Å². The molecule has 0 spiro atoms. The van der Waals surface area contributed by atoms with Crippen LogP contribution in [-0.4, -0.2) is 47.3 Å². The SMILES string of the molecule is C/C(=C\C1CCN(C(=O)Nc2ccc(F)cc2)CC1)C(=O)N1CCC=CC1=O. The average Bonchev–Trinajstić information content (AvgIpc) is 2.70. The number of halogens is 1. The number of allylic oxidation sites excluding steroid dienone is 1. The van der Waals surface area contributed by atoms with E-state index in [1.165, 1.54) is 35.2 Å². The summed E-state index contributed by atoms with van der Waals surface area (Å²) in [6, 6.07) is 5.43. The van der Waals surface area contributed by atoms with Gasteiger partial charge in [0.05, 0.1) is 0 Å². The van der Waals surface area contributed by atoms with Gasteiger partial charge in [-0.2, -0.15) is 0 Å². The molecule has 3 rings (SSSR count). The Morgan fingerprint density at radius 3 is 2.46 bits per heavy atom. The van der Waals surface area contributed by atoms with Crippen LogP contribution in [0.15, 0.2) is 48.1 Å². The number of benzene rings is 1. The molecule has 1 N–H and O–H groups in total. The number of carbonyl (C=O) groups is 3. The highest BCUT2D eigenvalue weighted by Crippen LogP contribution is 2.22. The first-order chi connectivity index (χ1) is 13.4. The van der Waals surface area contributed by atoms with Crippen molar-refractivity contribution in [3.63, 3.8) is 0 Å². The Labute approximate surface area is 163 Å². The molecule has 2 aliphatic heterocycles. The van der Waals surface area contributed by atoms with Crippen molar-refractivity contribution in [3.05, 3.63) is 53.9 Å². The van der Waals surface area contributed by atoms with E-state index in [4.69, 9.17) is 0 Å². The average molecular weight is 385 g/mol. The van der Waals surface area contributed by atoms with Gasteiger partial charge in [-0.25, -0.2) is 9.18 Å². The van der Waals surface area contributed by atoms with Crippen LogP contribution in [0.2, 0.25) is 0 Å². The number of hydrogen-bond acceptors (Lipinski definition) is 3. The van der Waals surface area contributed by atoms with E-state index in [0.717, 1.165) is 12.8 Å². The Morgan fingerprint density at radius 1 is 1.14 bits per heavy atom. The minimum Gasteiger partial charge on any atom is -0.324 e. The summed E-state index contributed by atoms with van der Waals surface area (Å²) in [4.78, 5) is 39.6. The van der Waals surface area contributed by atoms with E-state index >= 15 is 0 Å². The number of anilines is 1. The lowest BCUT2D eigenvalue weighted by molar-refractivity contribution is -0.139. The van der Waals surface area contributed by atoms with Crippen LogP contribution in [-0.2, 0) is 9.59 Å². The summed E-state index contributed by atoms with van der Waals surface area (Å²) in [6.45, 7) is 3.30. The molecular weight excluding hydrogens is 361 g/mol. The molecule has 148 valence electrons. The lowest BCUT2D eigenvalue weighted by atomic mass is 9.94. The molecule has 0 aromatic heterocycles. The van der Waals surface area contributed by atoms with Crippen molar-refractivity contribution in [1.29, 1.82) is 0 Å². The van der Waals surface area contributed by atoms with Gasteiger partial charge in [0.15, 0.2) is 0 Å². The number of likely N-dealkylation sites (tertiary alicyclic amines) is 1. The number of imide groups is 1. The Balaban J connectivity index is 1.51. The van der Waals surface area contributed by atoms with Gasteiger partial charge in [0, 0.05) is 30.9 Å². The van der Waals surface area contributed by atoms with E-state index in [-0.39, 0.29) is 29.6 Å². The number of hydrogen-bond donors (Lipinski definition) is 1. The third-order valence-corrected chi connectivity index (χ3v) is 5.04. The van der Waals surface area contributed by atoms with Crippen molar-refractivity contribution in [2.24, 2.45) is 5.92 Å². The highest BCUT2D eigenvalue weighted by molar-refractivity contribution is 6.07. The van der Waals surface area contributed by atoms with Crippen LogP contribution in [0.3, 0.4) is 0 Å². The smallest absolute Gasteiger partial charge is 0.321 e. The molecule has 1 aromatic carbocycles. The number of amides is 4. The summed E-state index contributed by atoms with van der Waals surface area (Å²) in [5.41, 5.74) is 1.12. The number of piperidine rings is 1. The van der Waals surface area contributed by atoms with E-state index < -0.39 is 0 Å². The van der Waals surface area contributed by atoms with Gasteiger partial charge >= 0.3 is 6.03 Å². The predicted molar refractivity (Wildman–Crippen MR) is 104 cm³/mol. The van der Waals surface area contributed by atoms with E-state index in [9.17, 15) is 18.8 Å². The molecule has 4 amide bonds. The third-order valence-electron chi connectivity index (χ3n) is 5.04. The lowest BCUT2D eigenvalue weighted by Gasteiger charge is -2.31. The number of rotatable bonds is 3. The number of nitrogens with one attached hydrogen (secondary N) is 1. The quantitative estimate of drug-likeness (QED) is 0.812. The zero-order valence-electron chi connectivity index (χ0n) is 15.9. The molecule has 0 saturated carbocycles. The van der Waals surface area contributed by atoms with Gasteiger partial charge in [-0.1, -0.05) is 12.2 Å². The predicted octanol–water partition coefficient (Wildman–Crippen LogP) is 3.33. The molecule has 1 aromatic rings. The number of carbonyl (C=O) groups excluding carboxylic acids is 3. The van der Waals surface area contributed by atoms with Crippen molar-refractivity contribution >= 4 is 23.5 Å². The first-order valence-electron chi connectivity index (χ1n) is 9.46. The Bertz CT molecular complexity index is 809. The lowest BCUT2D eigenvalue weighted by Crippen LogP contribution is -2.41. The summed E-state index contributed by atoms with van der Waals surface area (Å²) < 4.78 is 12.9. The molecule has 28 heavy (non-hydrogen) atoms. The third kappa shape index (κ3) is 4.85. The first-order valence-corrected chi connectivity index (χ1v) is 9.46. The summed E-state index contributed by atoms with van der Waals surface area (Å²) in [6.07, 6.45) is 7.31. The first kappa shape index (κ1) is 19.8. The molecule has 7 heteroatoms.